The fourth-order valence-corrected chi connectivity index (χ4v) is 3.45. The van der Waals surface area contributed by atoms with Gasteiger partial charge >= 0.3 is 0 Å². The molecule has 25 heavy (non-hydrogen) atoms. The number of hydrogen-bond donors (Lipinski definition) is 2. The smallest absolute Gasteiger partial charge is 0.270 e. The molecular weight excluding hydrogens is 312 g/mol. The van der Waals surface area contributed by atoms with Crippen molar-refractivity contribution in [3.8, 4) is 0 Å². The van der Waals surface area contributed by atoms with E-state index >= 15 is 0 Å². The number of aromatic amines is 1. The number of carbonyl (C=O) groups is 1. The molecule has 1 aromatic heterocycles. The fourth-order valence-electron chi connectivity index (χ4n) is 3.45. The van der Waals surface area contributed by atoms with Gasteiger partial charge in [-0.2, -0.15) is 0 Å². The molecule has 0 spiro atoms. The van der Waals surface area contributed by atoms with Gasteiger partial charge < -0.3 is 15.0 Å². The van der Waals surface area contributed by atoms with Gasteiger partial charge in [0.2, 0.25) is 0 Å². The molecule has 1 atom stereocenters. The Kier molecular flexibility index (Phi) is 4.28. The zero-order valence-electron chi connectivity index (χ0n) is 14.1. The topological polar surface area (TPSA) is 56.3 Å². The maximum absolute atomic E-state index is 13.2. The second-order valence-electron chi connectivity index (χ2n) is 6.78. The molecule has 1 amide bonds. The van der Waals surface area contributed by atoms with Crippen molar-refractivity contribution >= 4 is 16.8 Å². The highest BCUT2D eigenvalue weighted by atomic mass is 16.3. The predicted molar refractivity (Wildman–Crippen MR) is 98.2 cm³/mol. The highest BCUT2D eigenvalue weighted by molar-refractivity contribution is 5.98. The van der Waals surface area contributed by atoms with E-state index in [9.17, 15) is 9.90 Å². The minimum absolute atomic E-state index is 0.00344. The van der Waals surface area contributed by atoms with Gasteiger partial charge in [-0.3, -0.25) is 4.79 Å². The Morgan fingerprint density at radius 2 is 1.84 bits per heavy atom. The normalized spacial score (nSPS) is 15.2. The van der Waals surface area contributed by atoms with E-state index in [-0.39, 0.29) is 18.6 Å². The van der Waals surface area contributed by atoms with Crippen LogP contribution in [0.2, 0.25) is 0 Å². The molecule has 0 saturated heterocycles. The van der Waals surface area contributed by atoms with Crippen LogP contribution in [0.1, 0.15) is 28.9 Å². The van der Waals surface area contributed by atoms with Gasteiger partial charge in [-0.15, -0.1) is 0 Å². The van der Waals surface area contributed by atoms with Crippen molar-refractivity contribution in [2.75, 3.05) is 6.61 Å². The zero-order valence-corrected chi connectivity index (χ0v) is 14.1. The van der Waals surface area contributed by atoms with E-state index in [1.54, 1.807) is 0 Å². The average Bonchev–Trinajstić information content (AvgIpc) is 3.39. The molecule has 128 valence electrons. The van der Waals surface area contributed by atoms with E-state index < -0.39 is 0 Å². The molecule has 4 rings (SSSR count). The minimum atomic E-state index is -0.126. The molecule has 4 heteroatoms. The third kappa shape index (κ3) is 3.30. The summed E-state index contributed by atoms with van der Waals surface area (Å²) >= 11 is 0. The van der Waals surface area contributed by atoms with Crippen molar-refractivity contribution in [1.82, 2.24) is 9.88 Å². The van der Waals surface area contributed by atoms with Crippen LogP contribution in [-0.2, 0) is 6.54 Å². The van der Waals surface area contributed by atoms with E-state index in [1.807, 2.05) is 65.6 Å². The lowest BCUT2D eigenvalue weighted by Crippen LogP contribution is -2.43. The molecule has 1 unspecified atom stereocenters. The number of nitrogens with zero attached hydrogens (tertiary/aromatic N) is 1. The van der Waals surface area contributed by atoms with E-state index in [4.69, 9.17) is 0 Å². The molecule has 4 nitrogen and oxygen atoms in total. The highest BCUT2D eigenvalue weighted by Gasteiger charge is 2.37. The van der Waals surface area contributed by atoms with Gasteiger partial charge in [-0.05, 0) is 36.5 Å². The first kappa shape index (κ1) is 15.9. The lowest BCUT2D eigenvalue weighted by Gasteiger charge is -2.30. The second kappa shape index (κ2) is 6.73. The zero-order chi connectivity index (χ0) is 17.2. The van der Waals surface area contributed by atoms with Crippen LogP contribution >= 0.6 is 0 Å². The number of aliphatic hydroxyl groups excluding tert-OH is 1. The standard InChI is InChI=1S/C21H22N2O2/c24-14-20(16-10-11-16)23(13-15-6-2-1-3-7-15)21(25)19-12-17-8-4-5-9-18(17)22-19/h1-9,12,16,20,22,24H,10-11,13-14H2. The SMILES string of the molecule is O=C(c1cc2ccccc2[nH]1)N(Cc1ccccc1)C(CO)C1CC1. The Morgan fingerprint density at radius 1 is 1.12 bits per heavy atom. The number of nitrogens with one attached hydrogen (secondary N) is 1. The molecule has 1 saturated carbocycles. The molecule has 1 aliphatic rings. The first-order chi connectivity index (χ1) is 12.3. The number of aliphatic hydroxyl groups is 1. The molecule has 2 N–H and O–H groups in total. The maximum atomic E-state index is 13.2. The first-order valence-electron chi connectivity index (χ1n) is 8.80. The van der Waals surface area contributed by atoms with Gasteiger partial charge in [0.25, 0.3) is 5.91 Å². The van der Waals surface area contributed by atoms with Gasteiger partial charge in [-0.1, -0.05) is 48.5 Å². The number of H-pyrrole nitrogens is 1. The number of benzene rings is 2. The van der Waals surface area contributed by atoms with E-state index in [2.05, 4.69) is 4.98 Å². The van der Waals surface area contributed by atoms with Gasteiger partial charge in [0.05, 0.1) is 12.6 Å². The molecule has 1 fully saturated rings. The molecular formula is C21H22N2O2. The molecule has 0 radical (unpaired) electrons. The molecule has 3 aromatic rings. The van der Waals surface area contributed by atoms with Crippen LogP contribution in [0.25, 0.3) is 10.9 Å². The number of carbonyl (C=O) groups excluding carboxylic acids is 1. The van der Waals surface area contributed by atoms with E-state index in [0.29, 0.717) is 18.2 Å². The number of hydrogen-bond acceptors (Lipinski definition) is 2. The predicted octanol–water partition coefficient (Wildman–Crippen LogP) is 3.58. The lowest BCUT2D eigenvalue weighted by molar-refractivity contribution is 0.0526. The van der Waals surface area contributed by atoms with Crippen molar-refractivity contribution < 1.29 is 9.90 Å². The summed E-state index contributed by atoms with van der Waals surface area (Å²) in [5.41, 5.74) is 2.61. The summed E-state index contributed by atoms with van der Waals surface area (Å²) in [6.45, 7) is 0.514. The van der Waals surface area contributed by atoms with Crippen LogP contribution in [0.4, 0.5) is 0 Å². The van der Waals surface area contributed by atoms with Crippen LogP contribution in [0.5, 0.6) is 0 Å². The number of aromatic nitrogens is 1. The second-order valence-corrected chi connectivity index (χ2v) is 6.78. The Balaban J connectivity index is 1.67. The van der Waals surface area contributed by atoms with Crippen molar-refractivity contribution in [1.29, 1.82) is 0 Å². The Morgan fingerprint density at radius 3 is 2.52 bits per heavy atom. The molecule has 0 aliphatic heterocycles. The van der Waals surface area contributed by atoms with Gasteiger partial charge in [0.15, 0.2) is 0 Å². The van der Waals surface area contributed by atoms with Crippen molar-refractivity contribution in [2.24, 2.45) is 5.92 Å². The van der Waals surface area contributed by atoms with Crippen LogP contribution in [0.3, 0.4) is 0 Å². The van der Waals surface area contributed by atoms with Crippen LogP contribution in [0, 0.1) is 5.92 Å². The number of para-hydroxylation sites is 1. The third-order valence-electron chi connectivity index (χ3n) is 4.97. The van der Waals surface area contributed by atoms with Crippen LogP contribution in [0.15, 0.2) is 60.7 Å². The Bertz CT molecular complexity index is 835. The summed E-state index contributed by atoms with van der Waals surface area (Å²) in [5, 5.41) is 10.9. The van der Waals surface area contributed by atoms with Gasteiger partial charge in [0, 0.05) is 17.4 Å². The number of amides is 1. The lowest BCUT2D eigenvalue weighted by atomic mass is 10.1. The maximum Gasteiger partial charge on any atom is 0.270 e. The van der Waals surface area contributed by atoms with Crippen molar-refractivity contribution in [3.63, 3.8) is 0 Å². The minimum Gasteiger partial charge on any atom is -0.394 e. The fraction of sp³-hybridized carbons (Fsp3) is 0.286. The Labute approximate surface area is 147 Å². The van der Waals surface area contributed by atoms with Crippen LogP contribution < -0.4 is 0 Å². The van der Waals surface area contributed by atoms with Crippen molar-refractivity contribution in [3.05, 3.63) is 71.9 Å². The van der Waals surface area contributed by atoms with Gasteiger partial charge in [-0.25, -0.2) is 0 Å². The summed E-state index contributed by atoms with van der Waals surface area (Å²) < 4.78 is 0. The van der Waals surface area contributed by atoms with Gasteiger partial charge in [0.1, 0.15) is 5.69 Å². The average molecular weight is 334 g/mol. The molecule has 1 heterocycles. The number of rotatable bonds is 6. The highest BCUT2D eigenvalue weighted by Crippen LogP contribution is 2.36. The largest absolute Gasteiger partial charge is 0.394 e. The summed E-state index contributed by atoms with van der Waals surface area (Å²) in [6.07, 6.45) is 2.16. The number of fused-ring (bicyclic) bond motifs is 1. The monoisotopic (exact) mass is 334 g/mol. The summed E-state index contributed by atoms with van der Waals surface area (Å²) in [6, 6.07) is 19.6. The molecule has 0 bridgehead atoms. The molecule has 1 aliphatic carbocycles. The first-order valence-corrected chi connectivity index (χ1v) is 8.80. The summed E-state index contributed by atoms with van der Waals surface area (Å²) in [5.74, 6) is 0.355. The summed E-state index contributed by atoms with van der Waals surface area (Å²) in [4.78, 5) is 18.3. The third-order valence-corrected chi connectivity index (χ3v) is 4.97. The Hall–Kier alpha value is -2.59. The van der Waals surface area contributed by atoms with E-state index in [1.165, 1.54) is 0 Å². The van der Waals surface area contributed by atoms with Crippen LogP contribution in [-0.4, -0.2) is 33.5 Å². The summed E-state index contributed by atoms with van der Waals surface area (Å²) in [7, 11) is 0. The molecule has 2 aromatic carbocycles. The van der Waals surface area contributed by atoms with Crippen molar-refractivity contribution in [2.45, 2.75) is 25.4 Å². The van der Waals surface area contributed by atoms with E-state index in [0.717, 1.165) is 29.3 Å². The quantitative estimate of drug-likeness (QED) is 0.724.